The molecule has 0 saturated heterocycles. The fraction of sp³-hybridized carbons (Fsp3) is 0.780. The first kappa shape index (κ1) is 62.1. The van der Waals surface area contributed by atoms with E-state index in [1.165, 1.54) is 167 Å². The molecule has 0 amide bonds. The molecule has 0 fully saturated rings. The summed E-state index contributed by atoms with van der Waals surface area (Å²) in [6, 6.07) is 0. The zero-order chi connectivity index (χ0) is 47.2. The van der Waals surface area contributed by atoms with Crippen molar-refractivity contribution in [3.8, 4) is 0 Å². The summed E-state index contributed by atoms with van der Waals surface area (Å²) in [5.74, 6) is -0.921. The molecule has 1 atom stereocenters. The van der Waals surface area contributed by atoms with Crippen molar-refractivity contribution in [1.82, 2.24) is 0 Å². The van der Waals surface area contributed by atoms with Gasteiger partial charge in [-0.05, 0) is 64.2 Å². The normalized spacial score (nSPS) is 12.5. The minimum absolute atomic E-state index is 0.0863. The maximum absolute atomic E-state index is 12.8. The molecular formula is C59H104O6. The summed E-state index contributed by atoms with van der Waals surface area (Å²) in [5, 5.41) is 0. The van der Waals surface area contributed by atoms with Crippen LogP contribution in [-0.4, -0.2) is 37.2 Å². The SMILES string of the molecule is CC/C=C/C=C/C=C/C=C/CCCCCC(=O)OCC(COC(=O)CCCCCCCCCCCCCCCCCCCCC)OC(=O)CCCCCCCCC/C=C/CCCCCC. The van der Waals surface area contributed by atoms with Gasteiger partial charge in [-0.2, -0.15) is 0 Å². The van der Waals surface area contributed by atoms with Crippen molar-refractivity contribution in [1.29, 1.82) is 0 Å². The monoisotopic (exact) mass is 909 g/mol. The van der Waals surface area contributed by atoms with E-state index in [2.05, 4.69) is 51.2 Å². The van der Waals surface area contributed by atoms with Gasteiger partial charge in [0.1, 0.15) is 13.2 Å². The first-order valence-electron chi connectivity index (χ1n) is 27.8. The smallest absolute Gasteiger partial charge is 0.306 e. The molecule has 0 aromatic rings. The summed E-state index contributed by atoms with van der Waals surface area (Å²) in [6.07, 6.45) is 66.4. The Hall–Kier alpha value is -2.89. The Morgan fingerprint density at radius 1 is 0.323 bits per heavy atom. The van der Waals surface area contributed by atoms with Crippen molar-refractivity contribution in [3.63, 3.8) is 0 Å². The van der Waals surface area contributed by atoms with Crippen LogP contribution in [0.3, 0.4) is 0 Å². The summed E-state index contributed by atoms with van der Waals surface area (Å²) >= 11 is 0. The average Bonchev–Trinajstić information content (AvgIpc) is 3.30. The van der Waals surface area contributed by atoms with Gasteiger partial charge in [-0.15, -0.1) is 0 Å². The predicted octanol–water partition coefficient (Wildman–Crippen LogP) is 18.4. The van der Waals surface area contributed by atoms with E-state index in [1.54, 1.807) is 0 Å². The zero-order valence-electron chi connectivity index (χ0n) is 43.0. The van der Waals surface area contributed by atoms with E-state index in [0.717, 1.165) is 70.6 Å². The van der Waals surface area contributed by atoms with Gasteiger partial charge in [-0.3, -0.25) is 14.4 Å². The number of rotatable bonds is 50. The summed E-state index contributed by atoms with van der Waals surface area (Å²) in [7, 11) is 0. The highest BCUT2D eigenvalue weighted by atomic mass is 16.6. The molecule has 0 aliphatic carbocycles. The molecule has 65 heavy (non-hydrogen) atoms. The third kappa shape index (κ3) is 51.9. The predicted molar refractivity (Wildman–Crippen MR) is 279 cm³/mol. The molecule has 6 heteroatoms. The quantitative estimate of drug-likeness (QED) is 0.0199. The molecule has 0 N–H and O–H groups in total. The highest BCUT2D eigenvalue weighted by molar-refractivity contribution is 5.71. The Bertz CT molecular complexity index is 1180. The molecule has 0 bridgehead atoms. The van der Waals surface area contributed by atoms with Gasteiger partial charge in [0.2, 0.25) is 0 Å². The van der Waals surface area contributed by atoms with Crippen molar-refractivity contribution in [3.05, 3.63) is 60.8 Å². The lowest BCUT2D eigenvalue weighted by atomic mass is 10.0. The molecule has 0 saturated carbocycles. The number of unbranched alkanes of at least 4 members (excludes halogenated alkanes) is 32. The Labute approximate surface area is 402 Å². The zero-order valence-corrected chi connectivity index (χ0v) is 43.0. The van der Waals surface area contributed by atoms with E-state index < -0.39 is 6.10 Å². The van der Waals surface area contributed by atoms with E-state index in [4.69, 9.17) is 14.2 Å². The van der Waals surface area contributed by atoms with Crippen LogP contribution in [0.2, 0.25) is 0 Å². The molecule has 0 aromatic carbocycles. The minimum Gasteiger partial charge on any atom is -0.462 e. The molecule has 0 aromatic heterocycles. The standard InChI is InChI=1S/C59H104O6/c1-4-7-10-13-16-19-22-25-27-28-29-30-32-34-37-40-43-46-49-52-58(61)64-55-56(54-63-57(60)51-48-45-42-39-36-33-24-21-18-15-12-9-6-3)65-59(62)53-50-47-44-41-38-35-31-26-23-20-17-14-11-8-5-2/h9,12,15,18,20-21,23-24,33,36,56H,4-8,10-11,13-14,16-17,19,22,25-32,34-35,37-55H2,1-3H3/b12-9+,18-15+,23-20+,24-21+,36-33+. The lowest BCUT2D eigenvalue weighted by Gasteiger charge is -2.18. The van der Waals surface area contributed by atoms with Crippen LogP contribution in [0.1, 0.15) is 278 Å². The Balaban J connectivity index is 4.36. The van der Waals surface area contributed by atoms with Crippen LogP contribution >= 0.6 is 0 Å². The molecule has 0 aliphatic rings. The van der Waals surface area contributed by atoms with E-state index in [1.807, 2.05) is 30.4 Å². The van der Waals surface area contributed by atoms with Crippen molar-refractivity contribution in [2.24, 2.45) is 0 Å². The maximum Gasteiger partial charge on any atom is 0.306 e. The Morgan fingerprint density at radius 2 is 0.615 bits per heavy atom. The van der Waals surface area contributed by atoms with E-state index in [9.17, 15) is 14.4 Å². The van der Waals surface area contributed by atoms with Crippen molar-refractivity contribution >= 4 is 17.9 Å². The summed E-state index contributed by atoms with van der Waals surface area (Å²) in [5.41, 5.74) is 0. The van der Waals surface area contributed by atoms with Crippen molar-refractivity contribution in [2.45, 2.75) is 284 Å². The van der Waals surface area contributed by atoms with Crippen LogP contribution in [0.15, 0.2) is 60.8 Å². The molecular weight excluding hydrogens is 805 g/mol. The van der Waals surface area contributed by atoms with E-state index in [0.29, 0.717) is 19.3 Å². The first-order chi connectivity index (χ1) is 32.0. The number of hydrogen-bond donors (Lipinski definition) is 0. The van der Waals surface area contributed by atoms with Crippen LogP contribution in [0.25, 0.3) is 0 Å². The fourth-order valence-electron chi connectivity index (χ4n) is 7.92. The molecule has 0 rings (SSSR count). The van der Waals surface area contributed by atoms with E-state index in [-0.39, 0.29) is 31.1 Å². The van der Waals surface area contributed by atoms with Gasteiger partial charge in [0, 0.05) is 19.3 Å². The summed E-state index contributed by atoms with van der Waals surface area (Å²) in [4.78, 5) is 38.1. The third-order valence-corrected chi connectivity index (χ3v) is 12.1. The maximum atomic E-state index is 12.8. The van der Waals surface area contributed by atoms with Gasteiger partial charge in [0.15, 0.2) is 6.10 Å². The number of esters is 3. The topological polar surface area (TPSA) is 78.9 Å². The van der Waals surface area contributed by atoms with Crippen LogP contribution in [0.5, 0.6) is 0 Å². The average molecular weight is 909 g/mol. The van der Waals surface area contributed by atoms with Gasteiger partial charge in [0.05, 0.1) is 0 Å². The van der Waals surface area contributed by atoms with Gasteiger partial charge in [-0.1, -0.05) is 255 Å². The molecule has 1 unspecified atom stereocenters. The number of ether oxygens (including phenoxy) is 3. The summed E-state index contributed by atoms with van der Waals surface area (Å²) < 4.78 is 16.8. The van der Waals surface area contributed by atoms with Crippen molar-refractivity contribution in [2.75, 3.05) is 13.2 Å². The largest absolute Gasteiger partial charge is 0.462 e. The number of carbonyl (C=O) groups excluding carboxylic acids is 3. The highest BCUT2D eigenvalue weighted by Crippen LogP contribution is 2.16. The molecule has 0 radical (unpaired) electrons. The van der Waals surface area contributed by atoms with Gasteiger partial charge in [-0.25, -0.2) is 0 Å². The first-order valence-corrected chi connectivity index (χ1v) is 27.8. The van der Waals surface area contributed by atoms with E-state index >= 15 is 0 Å². The molecule has 0 heterocycles. The van der Waals surface area contributed by atoms with Gasteiger partial charge < -0.3 is 14.2 Å². The molecule has 376 valence electrons. The molecule has 6 nitrogen and oxygen atoms in total. The van der Waals surface area contributed by atoms with Gasteiger partial charge in [0.25, 0.3) is 0 Å². The second-order valence-corrected chi connectivity index (χ2v) is 18.6. The third-order valence-electron chi connectivity index (χ3n) is 12.1. The van der Waals surface area contributed by atoms with Crippen molar-refractivity contribution < 1.29 is 28.6 Å². The highest BCUT2D eigenvalue weighted by Gasteiger charge is 2.19. The van der Waals surface area contributed by atoms with Crippen LogP contribution in [0, 0.1) is 0 Å². The lowest BCUT2D eigenvalue weighted by Crippen LogP contribution is -2.30. The Morgan fingerprint density at radius 3 is 1.02 bits per heavy atom. The van der Waals surface area contributed by atoms with Crippen LogP contribution in [0.4, 0.5) is 0 Å². The molecule has 0 spiro atoms. The number of hydrogen-bond acceptors (Lipinski definition) is 6. The summed E-state index contributed by atoms with van der Waals surface area (Å²) in [6.45, 7) is 6.47. The molecule has 0 aliphatic heterocycles. The minimum atomic E-state index is -0.790. The Kier molecular flexibility index (Phi) is 51.3. The second-order valence-electron chi connectivity index (χ2n) is 18.6. The van der Waals surface area contributed by atoms with Gasteiger partial charge >= 0.3 is 17.9 Å². The fourth-order valence-corrected chi connectivity index (χ4v) is 7.92. The second kappa shape index (κ2) is 53.7. The number of allylic oxidation sites excluding steroid dienone is 10. The number of carbonyl (C=O) groups is 3. The van der Waals surface area contributed by atoms with Crippen LogP contribution < -0.4 is 0 Å². The van der Waals surface area contributed by atoms with Crippen LogP contribution in [-0.2, 0) is 28.6 Å². The lowest BCUT2D eigenvalue weighted by molar-refractivity contribution is -0.167.